The molecule has 0 unspecified atom stereocenters. The standard InChI is InChI=1S/C70H52N2/c1-70(2,3)69-59(53-37-33-49(34-38-53)47-25-29-51(30-26-47)55-41-43-67-63(45-55)61-19-10-12-23-65(61)71(67)57-15-6-4-7-16-57)21-14-22-60(69)54-39-35-50(36-40-54)48-27-31-52(32-28-48)56-42-44-68-64(46-56)62-20-11-13-24-66(62)72(68)58-17-8-5-9-18-58/h4-46H,1-3H3. The molecule has 0 fully saturated rings. The van der Waals surface area contributed by atoms with Crippen LogP contribution in [-0.4, -0.2) is 9.13 Å². The van der Waals surface area contributed by atoms with Gasteiger partial charge in [0.05, 0.1) is 22.1 Å². The summed E-state index contributed by atoms with van der Waals surface area (Å²) in [6, 6.07) is 95.6. The molecule has 0 aliphatic rings. The van der Waals surface area contributed by atoms with Crippen molar-refractivity contribution in [3.63, 3.8) is 0 Å². The zero-order valence-electron chi connectivity index (χ0n) is 40.7. The van der Waals surface area contributed by atoms with Gasteiger partial charge >= 0.3 is 0 Å². The highest BCUT2D eigenvalue weighted by Gasteiger charge is 2.24. The highest BCUT2D eigenvalue weighted by Crippen LogP contribution is 2.42. The van der Waals surface area contributed by atoms with Gasteiger partial charge in [0.1, 0.15) is 0 Å². The molecule has 72 heavy (non-hydrogen) atoms. The predicted molar refractivity (Wildman–Crippen MR) is 306 cm³/mol. The van der Waals surface area contributed by atoms with Gasteiger partial charge in [-0.25, -0.2) is 0 Å². The smallest absolute Gasteiger partial charge is 0.0541 e. The number of benzene rings is 11. The SMILES string of the molecule is CC(C)(C)c1c(-c2ccc(-c3ccc(-c4ccc5c(c4)c4ccccc4n5-c4ccccc4)cc3)cc2)cccc1-c1ccc(-c2ccc(-c3ccc4c(c3)c3ccccc3n4-c3ccccc3)cc2)cc1. The zero-order valence-corrected chi connectivity index (χ0v) is 40.7. The lowest BCUT2D eigenvalue weighted by atomic mass is 9.77. The summed E-state index contributed by atoms with van der Waals surface area (Å²) >= 11 is 0. The van der Waals surface area contributed by atoms with Crippen LogP contribution < -0.4 is 0 Å². The molecular formula is C70H52N2. The van der Waals surface area contributed by atoms with Crippen LogP contribution in [0.2, 0.25) is 0 Å². The molecule has 0 radical (unpaired) electrons. The average Bonchev–Trinajstić information content (AvgIpc) is 3.95. The van der Waals surface area contributed by atoms with E-state index in [9.17, 15) is 0 Å². The van der Waals surface area contributed by atoms with Crippen molar-refractivity contribution in [3.05, 3.63) is 266 Å². The Morgan fingerprint density at radius 2 is 0.528 bits per heavy atom. The number of hydrogen-bond acceptors (Lipinski definition) is 0. The minimum atomic E-state index is -0.0894. The number of aromatic nitrogens is 2. The average molecular weight is 921 g/mol. The van der Waals surface area contributed by atoms with Gasteiger partial charge in [0.25, 0.3) is 0 Å². The maximum Gasteiger partial charge on any atom is 0.0541 e. The molecule has 2 heteroatoms. The number of nitrogens with zero attached hydrogens (tertiary/aromatic N) is 2. The monoisotopic (exact) mass is 920 g/mol. The van der Waals surface area contributed by atoms with Gasteiger partial charge in [-0.1, -0.05) is 221 Å². The Labute approximate surface area is 421 Å². The van der Waals surface area contributed by atoms with E-state index in [-0.39, 0.29) is 5.41 Å². The second-order valence-corrected chi connectivity index (χ2v) is 20.1. The third-order valence-electron chi connectivity index (χ3n) is 14.7. The van der Waals surface area contributed by atoms with Crippen LogP contribution in [0.3, 0.4) is 0 Å². The van der Waals surface area contributed by atoms with Crippen LogP contribution in [0.1, 0.15) is 26.3 Å². The first-order valence-corrected chi connectivity index (χ1v) is 25.1. The van der Waals surface area contributed by atoms with Crippen molar-refractivity contribution < 1.29 is 0 Å². The second-order valence-electron chi connectivity index (χ2n) is 20.1. The van der Waals surface area contributed by atoms with Crippen molar-refractivity contribution in [3.8, 4) is 78.1 Å². The van der Waals surface area contributed by atoms with Gasteiger partial charge in [-0.15, -0.1) is 0 Å². The quantitative estimate of drug-likeness (QED) is 0.144. The lowest BCUT2D eigenvalue weighted by Crippen LogP contribution is -2.14. The maximum atomic E-state index is 2.37. The van der Waals surface area contributed by atoms with E-state index in [0.29, 0.717) is 0 Å². The van der Waals surface area contributed by atoms with Crippen LogP contribution in [0, 0.1) is 0 Å². The van der Waals surface area contributed by atoms with Gasteiger partial charge < -0.3 is 9.13 Å². The summed E-state index contributed by atoms with van der Waals surface area (Å²) in [5.41, 5.74) is 23.2. The van der Waals surface area contributed by atoms with Crippen LogP contribution in [-0.2, 0) is 5.41 Å². The highest BCUT2D eigenvalue weighted by molar-refractivity contribution is 6.11. The Balaban J connectivity index is 0.751. The van der Waals surface area contributed by atoms with Gasteiger partial charge in [0.2, 0.25) is 0 Å². The Morgan fingerprint density at radius 3 is 0.889 bits per heavy atom. The number of rotatable bonds is 8. The summed E-state index contributed by atoms with van der Waals surface area (Å²) in [6.45, 7) is 7.00. The molecular weight excluding hydrogens is 869 g/mol. The van der Waals surface area contributed by atoms with Crippen molar-refractivity contribution in [2.75, 3.05) is 0 Å². The summed E-state index contributed by atoms with van der Waals surface area (Å²) in [6.07, 6.45) is 0. The van der Waals surface area contributed by atoms with Crippen molar-refractivity contribution in [2.45, 2.75) is 26.2 Å². The normalized spacial score (nSPS) is 11.8. The third kappa shape index (κ3) is 7.52. The lowest BCUT2D eigenvalue weighted by Gasteiger charge is -2.27. The van der Waals surface area contributed by atoms with Crippen LogP contribution in [0.15, 0.2) is 261 Å². The van der Waals surface area contributed by atoms with E-state index in [1.165, 1.54) is 127 Å². The summed E-state index contributed by atoms with van der Waals surface area (Å²) < 4.78 is 4.74. The number of para-hydroxylation sites is 4. The van der Waals surface area contributed by atoms with Crippen molar-refractivity contribution >= 4 is 43.6 Å². The van der Waals surface area contributed by atoms with Gasteiger partial charge in [0.15, 0.2) is 0 Å². The summed E-state index contributed by atoms with van der Waals surface area (Å²) in [7, 11) is 0. The van der Waals surface area contributed by atoms with E-state index in [4.69, 9.17) is 0 Å². The molecule has 2 aromatic heterocycles. The maximum absolute atomic E-state index is 2.37. The molecule has 13 rings (SSSR count). The van der Waals surface area contributed by atoms with E-state index in [1.54, 1.807) is 0 Å². The Kier molecular flexibility index (Phi) is 10.4. The molecule has 0 N–H and O–H groups in total. The molecule has 0 spiro atoms. The summed E-state index contributed by atoms with van der Waals surface area (Å²) in [5.74, 6) is 0. The molecule has 342 valence electrons. The second kappa shape index (κ2) is 17.5. The van der Waals surface area contributed by atoms with E-state index >= 15 is 0 Å². The molecule has 0 saturated carbocycles. The first kappa shape index (κ1) is 43.1. The lowest BCUT2D eigenvalue weighted by molar-refractivity contribution is 0.593. The fourth-order valence-electron chi connectivity index (χ4n) is 11.3. The molecule has 11 aromatic carbocycles. The summed E-state index contributed by atoms with van der Waals surface area (Å²) in [5, 5.41) is 5.06. The molecule has 0 atom stereocenters. The molecule has 0 bridgehead atoms. The molecule has 2 nitrogen and oxygen atoms in total. The van der Waals surface area contributed by atoms with E-state index in [1.807, 2.05) is 0 Å². The van der Waals surface area contributed by atoms with E-state index in [2.05, 4.69) is 291 Å². The molecule has 0 saturated heterocycles. The van der Waals surface area contributed by atoms with Crippen LogP contribution >= 0.6 is 0 Å². The fourth-order valence-corrected chi connectivity index (χ4v) is 11.3. The minimum absolute atomic E-state index is 0.0894. The van der Waals surface area contributed by atoms with Crippen LogP contribution in [0.4, 0.5) is 0 Å². The van der Waals surface area contributed by atoms with Crippen molar-refractivity contribution in [2.24, 2.45) is 0 Å². The fraction of sp³-hybridized carbons (Fsp3) is 0.0571. The number of fused-ring (bicyclic) bond motifs is 6. The molecule has 2 heterocycles. The summed E-state index contributed by atoms with van der Waals surface area (Å²) in [4.78, 5) is 0. The Bertz CT molecular complexity index is 3850. The van der Waals surface area contributed by atoms with Gasteiger partial charge in [-0.3, -0.25) is 0 Å². The molecule has 0 aliphatic carbocycles. The van der Waals surface area contributed by atoms with E-state index in [0.717, 1.165) is 0 Å². The highest BCUT2D eigenvalue weighted by atomic mass is 15.0. The first-order valence-electron chi connectivity index (χ1n) is 25.1. The zero-order chi connectivity index (χ0) is 48.3. The molecule has 13 aromatic rings. The Hall–Kier alpha value is -8.98. The van der Waals surface area contributed by atoms with E-state index < -0.39 is 0 Å². The van der Waals surface area contributed by atoms with Crippen LogP contribution in [0.25, 0.3) is 122 Å². The van der Waals surface area contributed by atoms with Crippen molar-refractivity contribution in [1.82, 2.24) is 9.13 Å². The van der Waals surface area contributed by atoms with Crippen molar-refractivity contribution in [1.29, 1.82) is 0 Å². The molecule has 0 amide bonds. The number of hydrogen-bond donors (Lipinski definition) is 0. The van der Waals surface area contributed by atoms with Crippen LogP contribution in [0.5, 0.6) is 0 Å². The van der Waals surface area contributed by atoms with Gasteiger partial charge in [-0.05, 0) is 138 Å². The van der Waals surface area contributed by atoms with Gasteiger partial charge in [-0.2, -0.15) is 0 Å². The topological polar surface area (TPSA) is 9.86 Å². The molecule has 0 aliphatic heterocycles. The predicted octanol–water partition coefficient (Wildman–Crippen LogP) is 19.2. The Morgan fingerprint density at radius 1 is 0.236 bits per heavy atom. The minimum Gasteiger partial charge on any atom is -0.309 e. The van der Waals surface area contributed by atoms with Gasteiger partial charge in [0, 0.05) is 32.9 Å². The largest absolute Gasteiger partial charge is 0.309 e. The third-order valence-corrected chi connectivity index (χ3v) is 14.7. The first-order chi connectivity index (χ1) is 35.3.